The normalized spacial score (nSPS) is 12.0. The van der Waals surface area contributed by atoms with Crippen LogP contribution in [0.3, 0.4) is 0 Å². The molecule has 208 valence electrons. The van der Waals surface area contributed by atoms with E-state index in [0.717, 1.165) is 17.1 Å². The third-order valence-electron chi connectivity index (χ3n) is 6.01. The summed E-state index contributed by atoms with van der Waals surface area (Å²) in [4.78, 5) is 28.0. The molecule has 1 N–H and O–H groups in total. The van der Waals surface area contributed by atoms with Crippen molar-refractivity contribution in [2.45, 2.75) is 44.2 Å². The summed E-state index contributed by atoms with van der Waals surface area (Å²) in [7, 11) is -4.24. The Hall–Kier alpha value is -3.14. The number of carbonyl (C=O) groups is 2. The molecule has 11 heteroatoms. The SMILES string of the molecule is CCCCNC(=O)[C@@H](C)N(Cc1ccc(F)cc1)C(=O)CN(c1cc(Cl)cc(Cl)c1)S(=O)(=O)c1ccccc1. The van der Waals surface area contributed by atoms with Crippen LogP contribution in [0.2, 0.25) is 10.0 Å². The highest BCUT2D eigenvalue weighted by Crippen LogP contribution is 2.30. The van der Waals surface area contributed by atoms with Crippen LogP contribution in [0.1, 0.15) is 32.3 Å². The van der Waals surface area contributed by atoms with E-state index in [0.29, 0.717) is 12.1 Å². The van der Waals surface area contributed by atoms with Crippen molar-refractivity contribution in [3.8, 4) is 0 Å². The number of hydrogen-bond donors (Lipinski definition) is 1. The van der Waals surface area contributed by atoms with Gasteiger partial charge in [0, 0.05) is 23.1 Å². The summed E-state index contributed by atoms with van der Waals surface area (Å²) in [5, 5.41) is 3.18. The average molecular weight is 595 g/mol. The summed E-state index contributed by atoms with van der Waals surface area (Å²) >= 11 is 12.4. The number of anilines is 1. The highest BCUT2D eigenvalue weighted by Gasteiger charge is 2.32. The summed E-state index contributed by atoms with van der Waals surface area (Å²) in [6, 6.07) is 16.5. The molecule has 0 heterocycles. The second-order valence-corrected chi connectivity index (χ2v) is 11.7. The zero-order valence-electron chi connectivity index (χ0n) is 21.6. The van der Waals surface area contributed by atoms with E-state index in [9.17, 15) is 22.4 Å². The Morgan fingerprint density at radius 1 is 0.974 bits per heavy atom. The maximum absolute atomic E-state index is 13.8. The van der Waals surface area contributed by atoms with E-state index in [2.05, 4.69) is 5.32 Å². The number of halogens is 3. The van der Waals surface area contributed by atoms with Gasteiger partial charge in [-0.15, -0.1) is 0 Å². The van der Waals surface area contributed by atoms with Gasteiger partial charge in [0.15, 0.2) is 0 Å². The van der Waals surface area contributed by atoms with Crippen LogP contribution >= 0.6 is 23.2 Å². The first-order chi connectivity index (χ1) is 18.5. The van der Waals surface area contributed by atoms with E-state index < -0.39 is 34.3 Å². The molecule has 7 nitrogen and oxygen atoms in total. The molecule has 0 aliphatic rings. The number of unbranched alkanes of at least 4 members (excludes halogenated alkanes) is 1. The molecule has 3 rings (SSSR count). The van der Waals surface area contributed by atoms with Gasteiger partial charge in [0.1, 0.15) is 18.4 Å². The second kappa shape index (κ2) is 13.8. The molecule has 0 saturated heterocycles. The highest BCUT2D eigenvalue weighted by molar-refractivity contribution is 7.92. The Morgan fingerprint density at radius 2 is 1.59 bits per heavy atom. The van der Waals surface area contributed by atoms with Crippen molar-refractivity contribution in [1.82, 2.24) is 10.2 Å². The zero-order chi connectivity index (χ0) is 28.6. The fourth-order valence-corrected chi connectivity index (χ4v) is 5.77. The van der Waals surface area contributed by atoms with Crippen molar-refractivity contribution in [3.05, 3.63) is 94.2 Å². The molecular weight excluding hydrogens is 564 g/mol. The number of rotatable bonds is 12. The van der Waals surface area contributed by atoms with Gasteiger partial charge in [-0.25, -0.2) is 12.8 Å². The first kappa shape index (κ1) is 30.4. The van der Waals surface area contributed by atoms with Gasteiger partial charge in [0.2, 0.25) is 11.8 Å². The largest absolute Gasteiger partial charge is 0.354 e. The first-order valence-corrected chi connectivity index (χ1v) is 14.6. The molecular formula is C28H30Cl2FN3O4S. The van der Waals surface area contributed by atoms with Gasteiger partial charge < -0.3 is 10.2 Å². The predicted octanol–water partition coefficient (Wildman–Crippen LogP) is 5.66. The van der Waals surface area contributed by atoms with Crippen LogP contribution < -0.4 is 9.62 Å². The summed E-state index contributed by atoms with van der Waals surface area (Å²) in [5.41, 5.74) is 0.660. The summed E-state index contributed by atoms with van der Waals surface area (Å²) in [6.45, 7) is 3.31. The van der Waals surface area contributed by atoms with Crippen molar-refractivity contribution in [2.75, 3.05) is 17.4 Å². The summed E-state index contributed by atoms with van der Waals surface area (Å²) in [5.74, 6) is -1.48. The quantitative estimate of drug-likeness (QED) is 0.274. The van der Waals surface area contributed by atoms with E-state index in [4.69, 9.17) is 23.2 Å². The molecule has 0 aliphatic heterocycles. The topological polar surface area (TPSA) is 86.8 Å². The Labute approximate surface area is 238 Å². The Morgan fingerprint density at radius 3 is 2.18 bits per heavy atom. The molecule has 0 spiro atoms. The monoisotopic (exact) mass is 593 g/mol. The Kier molecular flexibility index (Phi) is 10.7. The third kappa shape index (κ3) is 8.17. The third-order valence-corrected chi connectivity index (χ3v) is 8.23. The number of benzene rings is 3. The lowest BCUT2D eigenvalue weighted by Crippen LogP contribution is -2.51. The number of sulfonamides is 1. The van der Waals surface area contributed by atoms with Crippen LogP contribution in [0.4, 0.5) is 10.1 Å². The van der Waals surface area contributed by atoms with Crippen molar-refractivity contribution in [2.24, 2.45) is 0 Å². The molecule has 2 amide bonds. The number of hydrogen-bond acceptors (Lipinski definition) is 4. The van der Waals surface area contributed by atoms with Crippen LogP contribution in [-0.4, -0.2) is 44.3 Å². The average Bonchev–Trinajstić information content (AvgIpc) is 2.90. The first-order valence-electron chi connectivity index (χ1n) is 12.4. The lowest BCUT2D eigenvalue weighted by molar-refractivity contribution is -0.139. The van der Waals surface area contributed by atoms with Crippen LogP contribution in [0.15, 0.2) is 77.7 Å². The van der Waals surface area contributed by atoms with Gasteiger partial charge in [-0.05, 0) is 61.4 Å². The molecule has 0 aliphatic carbocycles. The fraction of sp³-hybridized carbons (Fsp3) is 0.286. The van der Waals surface area contributed by atoms with Crippen LogP contribution in [0.25, 0.3) is 0 Å². The van der Waals surface area contributed by atoms with Crippen molar-refractivity contribution in [1.29, 1.82) is 0 Å². The summed E-state index contributed by atoms with van der Waals surface area (Å²) in [6.07, 6.45) is 1.64. The zero-order valence-corrected chi connectivity index (χ0v) is 23.9. The van der Waals surface area contributed by atoms with E-state index in [1.807, 2.05) is 6.92 Å². The fourth-order valence-electron chi connectivity index (χ4n) is 3.84. The smallest absolute Gasteiger partial charge is 0.264 e. The molecule has 0 saturated carbocycles. The van der Waals surface area contributed by atoms with Crippen LogP contribution in [0.5, 0.6) is 0 Å². The molecule has 3 aromatic carbocycles. The molecule has 0 aromatic heterocycles. The molecule has 0 bridgehead atoms. The maximum atomic E-state index is 13.8. The van der Waals surface area contributed by atoms with Gasteiger partial charge >= 0.3 is 0 Å². The summed E-state index contributed by atoms with van der Waals surface area (Å²) < 4.78 is 41.9. The number of nitrogens with zero attached hydrogens (tertiary/aromatic N) is 2. The Balaban J connectivity index is 2.01. The van der Waals surface area contributed by atoms with Gasteiger partial charge in [0.05, 0.1) is 10.6 Å². The molecule has 0 fully saturated rings. The van der Waals surface area contributed by atoms with E-state index in [-0.39, 0.29) is 33.1 Å². The number of amides is 2. The van der Waals surface area contributed by atoms with E-state index in [1.54, 1.807) is 25.1 Å². The molecule has 0 unspecified atom stereocenters. The number of nitrogens with one attached hydrogen (secondary N) is 1. The minimum Gasteiger partial charge on any atom is -0.354 e. The van der Waals surface area contributed by atoms with Gasteiger partial charge in [-0.2, -0.15) is 0 Å². The Bertz CT molecular complexity index is 1370. The maximum Gasteiger partial charge on any atom is 0.264 e. The lowest BCUT2D eigenvalue weighted by Gasteiger charge is -2.32. The van der Waals surface area contributed by atoms with Crippen molar-refractivity contribution >= 4 is 50.7 Å². The van der Waals surface area contributed by atoms with Crippen molar-refractivity contribution < 1.29 is 22.4 Å². The minimum atomic E-state index is -4.24. The van der Waals surface area contributed by atoms with Crippen LogP contribution in [0, 0.1) is 5.82 Å². The number of carbonyl (C=O) groups excluding carboxylic acids is 2. The van der Waals surface area contributed by atoms with Gasteiger partial charge in [-0.1, -0.05) is 66.9 Å². The predicted molar refractivity (Wildman–Crippen MR) is 152 cm³/mol. The van der Waals surface area contributed by atoms with E-state index in [1.165, 1.54) is 59.5 Å². The molecule has 3 aromatic rings. The van der Waals surface area contributed by atoms with Gasteiger partial charge in [-0.3, -0.25) is 13.9 Å². The van der Waals surface area contributed by atoms with Gasteiger partial charge in [0.25, 0.3) is 10.0 Å². The minimum absolute atomic E-state index is 0.0376. The molecule has 0 radical (unpaired) electrons. The molecule has 1 atom stereocenters. The second-order valence-electron chi connectivity index (χ2n) is 8.92. The molecule has 39 heavy (non-hydrogen) atoms. The van der Waals surface area contributed by atoms with Crippen LogP contribution in [-0.2, 0) is 26.2 Å². The lowest BCUT2D eigenvalue weighted by atomic mass is 10.1. The highest BCUT2D eigenvalue weighted by atomic mass is 35.5. The van der Waals surface area contributed by atoms with E-state index >= 15 is 0 Å². The van der Waals surface area contributed by atoms with Crippen molar-refractivity contribution in [3.63, 3.8) is 0 Å². The standard InChI is InChI=1S/C28H30Cl2FN3O4S/c1-3-4-14-32-28(36)20(2)33(18-21-10-12-24(31)13-11-21)27(35)19-34(25-16-22(29)15-23(30)17-25)39(37,38)26-8-6-5-7-9-26/h5-13,15-17,20H,3-4,14,18-19H2,1-2H3,(H,32,36)/t20-/m1/s1.